The lowest BCUT2D eigenvalue weighted by atomic mass is 9.92. The number of carboxylic acids is 1. The number of hydrogen-bond acceptors (Lipinski definition) is 3. The third kappa shape index (κ3) is 3.47. The summed E-state index contributed by atoms with van der Waals surface area (Å²) in [5.41, 5.74) is -0.209. The summed E-state index contributed by atoms with van der Waals surface area (Å²) in [6.45, 7) is 0. The predicted molar refractivity (Wildman–Crippen MR) is 92.4 cm³/mol. The van der Waals surface area contributed by atoms with Crippen LogP contribution < -0.4 is 5.32 Å². The van der Waals surface area contributed by atoms with Crippen LogP contribution in [0.4, 0.5) is 0 Å². The highest BCUT2D eigenvalue weighted by Gasteiger charge is 2.49. The van der Waals surface area contributed by atoms with Crippen LogP contribution in [0.1, 0.15) is 30.7 Å². The Kier molecular flexibility index (Phi) is 4.81. The summed E-state index contributed by atoms with van der Waals surface area (Å²) in [6.07, 6.45) is 1.63. The number of benzene rings is 1. The summed E-state index contributed by atoms with van der Waals surface area (Å²) < 4.78 is 0. The van der Waals surface area contributed by atoms with Gasteiger partial charge in [0, 0.05) is 16.0 Å². The minimum Gasteiger partial charge on any atom is -0.480 e. The van der Waals surface area contributed by atoms with E-state index in [1.807, 2.05) is 6.07 Å². The molecule has 2 atom stereocenters. The molecule has 0 bridgehead atoms. The zero-order valence-corrected chi connectivity index (χ0v) is 14.7. The van der Waals surface area contributed by atoms with Gasteiger partial charge in [0.05, 0.1) is 0 Å². The molecule has 1 heterocycles. The molecule has 1 aromatic carbocycles. The Morgan fingerprint density at radius 2 is 1.96 bits per heavy atom. The highest BCUT2D eigenvalue weighted by molar-refractivity contribution is 7.99. The van der Waals surface area contributed by atoms with Crippen molar-refractivity contribution in [3.05, 3.63) is 33.8 Å². The molecule has 7 heteroatoms. The van der Waals surface area contributed by atoms with Crippen LogP contribution in [0.15, 0.2) is 18.2 Å². The maximum Gasteiger partial charge on any atom is 0.329 e. The Labute approximate surface area is 148 Å². The standard InChI is InChI=1S/C16H17Cl2NO3S/c17-9-1-2-10(13(18)7-9)11-8-12(11)14(20)19-16(15(21)22)3-5-23-6-4-16/h1-2,7,11-12H,3-6,8H2,(H,19,20)(H,21,22). The average molecular weight is 374 g/mol. The number of halogens is 2. The number of rotatable bonds is 4. The van der Waals surface area contributed by atoms with E-state index in [-0.39, 0.29) is 17.7 Å². The quantitative estimate of drug-likeness (QED) is 0.846. The molecular weight excluding hydrogens is 357 g/mol. The average Bonchev–Trinajstić information content (AvgIpc) is 3.28. The van der Waals surface area contributed by atoms with E-state index in [1.165, 1.54) is 0 Å². The summed E-state index contributed by atoms with van der Waals surface area (Å²) in [7, 11) is 0. The number of carboxylic acid groups (broad SMARTS) is 1. The normalized spacial score (nSPS) is 25.7. The number of nitrogens with one attached hydrogen (secondary N) is 1. The number of carbonyl (C=O) groups is 2. The zero-order chi connectivity index (χ0) is 16.6. The fraction of sp³-hybridized carbons (Fsp3) is 0.500. The zero-order valence-electron chi connectivity index (χ0n) is 12.4. The number of thioether (sulfide) groups is 1. The molecule has 0 aromatic heterocycles. The van der Waals surface area contributed by atoms with Crippen molar-refractivity contribution in [3.8, 4) is 0 Å². The van der Waals surface area contributed by atoms with Gasteiger partial charge in [-0.15, -0.1) is 0 Å². The second-order valence-electron chi connectivity index (χ2n) is 6.10. The number of hydrogen-bond donors (Lipinski definition) is 2. The van der Waals surface area contributed by atoms with Gasteiger partial charge in [-0.25, -0.2) is 4.79 Å². The van der Waals surface area contributed by atoms with Gasteiger partial charge in [0.15, 0.2) is 0 Å². The largest absolute Gasteiger partial charge is 0.480 e. The molecule has 1 aliphatic heterocycles. The second-order valence-corrected chi connectivity index (χ2v) is 8.17. The molecule has 3 rings (SSSR count). The van der Waals surface area contributed by atoms with Crippen LogP contribution >= 0.6 is 35.0 Å². The van der Waals surface area contributed by atoms with E-state index < -0.39 is 11.5 Å². The summed E-state index contributed by atoms with van der Waals surface area (Å²) >= 11 is 13.8. The van der Waals surface area contributed by atoms with E-state index in [2.05, 4.69) is 5.32 Å². The van der Waals surface area contributed by atoms with Gasteiger partial charge in [0.25, 0.3) is 0 Å². The summed E-state index contributed by atoms with van der Waals surface area (Å²) in [6, 6.07) is 5.27. The molecular formula is C16H17Cl2NO3S. The van der Waals surface area contributed by atoms with E-state index in [9.17, 15) is 14.7 Å². The first-order valence-electron chi connectivity index (χ1n) is 7.51. The minimum atomic E-state index is -1.11. The van der Waals surface area contributed by atoms with Gasteiger partial charge in [-0.3, -0.25) is 4.79 Å². The molecule has 0 radical (unpaired) electrons. The maximum atomic E-state index is 12.5. The third-order valence-electron chi connectivity index (χ3n) is 4.61. The van der Waals surface area contributed by atoms with Crippen molar-refractivity contribution in [3.63, 3.8) is 0 Å². The van der Waals surface area contributed by atoms with Crippen LogP contribution in [0.3, 0.4) is 0 Å². The third-order valence-corrected chi connectivity index (χ3v) is 6.16. The monoisotopic (exact) mass is 373 g/mol. The lowest BCUT2D eigenvalue weighted by Crippen LogP contribution is -2.57. The fourth-order valence-electron chi connectivity index (χ4n) is 3.07. The van der Waals surface area contributed by atoms with Gasteiger partial charge in [-0.1, -0.05) is 29.3 Å². The lowest BCUT2D eigenvalue weighted by Gasteiger charge is -2.33. The van der Waals surface area contributed by atoms with Gasteiger partial charge >= 0.3 is 5.97 Å². The van der Waals surface area contributed by atoms with Crippen LogP contribution in [-0.2, 0) is 9.59 Å². The molecule has 4 nitrogen and oxygen atoms in total. The Morgan fingerprint density at radius 1 is 1.26 bits per heavy atom. The molecule has 124 valence electrons. The van der Waals surface area contributed by atoms with Crippen molar-refractivity contribution in [2.24, 2.45) is 5.92 Å². The van der Waals surface area contributed by atoms with Crippen LogP contribution in [0, 0.1) is 5.92 Å². The Morgan fingerprint density at radius 3 is 2.57 bits per heavy atom. The van der Waals surface area contributed by atoms with Crippen molar-refractivity contribution in [1.82, 2.24) is 5.32 Å². The van der Waals surface area contributed by atoms with Crippen molar-refractivity contribution in [2.75, 3.05) is 11.5 Å². The first kappa shape index (κ1) is 16.9. The molecule has 1 aliphatic carbocycles. The molecule has 23 heavy (non-hydrogen) atoms. The summed E-state index contributed by atoms with van der Waals surface area (Å²) in [5.74, 6) is 0.221. The lowest BCUT2D eigenvalue weighted by molar-refractivity contribution is -0.148. The first-order chi connectivity index (χ1) is 10.9. The Balaban J connectivity index is 1.69. The van der Waals surface area contributed by atoms with Gasteiger partial charge in [-0.2, -0.15) is 11.8 Å². The molecule has 2 N–H and O–H groups in total. The number of carbonyl (C=O) groups excluding carboxylic acids is 1. The van der Waals surface area contributed by atoms with Crippen LogP contribution in [0.25, 0.3) is 0 Å². The van der Waals surface area contributed by atoms with Crippen molar-refractivity contribution >= 4 is 46.8 Å². The molecule has 2 fully saturated rings. The van der Waals surface area contributed by atoms with Gasteiger partial charge in [0.1, 0.15) is 5.54 Å². The van der Waals surface area contributed by atoms with Crippen LogP contribution in [0.2, 0.25) is 10.0 Å². The Hall–Kier alpha value is -0.910. The highest BCUT2D eigenvalue weighted by Crippen LogP contribution is 2.50. The second kappa shape index (κ2) is 6.54. The topological polar surface area (TPSA) is 66.4 Å². The molecule has 1 saturated heterocycles. The van der Waals surface area contributed by atoms with Crippen molar-refractivity contribution < 1.29 is 14.7 Å². The van der Waals surface area contributed by atoms with Crippen molar-refractivity contribution in [2.45, 2.75) is 30.7 Å². The Bertz CT molecular complexity index is 646. The smallest absolute Gasteiger partial charge is 0.329 e. The van der Waals surface area contributed by atoms with Gasteiger partial charge in [0.2, 0.25) is 5.91 Å². The molecule has 1 aromatic rings. The van der Waals surface area contributed by atoms with Crippen LogP contribution in [-0.4, -0.2) is 34.0 Å². The predicted octanol–water partition coefficient (Wildman–Crippen LogP) is 3.56. The van der Waals surface area contributed by atoms with Gasteiger partial charge < -0.3 is 10.4 Å². The molecule has 1 saturated carbocycles. The van der Waals surface area contributed by atoms with Gasteiger partial charge in [-0.05, 0) is 54.4 Å². The first-order valence-corrected chi connectivity index (χ1v) is 9.42. The van der Waals surface area contributed by atoms with Crippen LogP contribution in [0.5, 0.6) is 0 Å². The molecule has 1 amide bonds. The van der Waals surface area contributed by atoms with E-state index in [4.69, 9.17) is 23.2 Å². The minimum absolute atomic E-state index is 0.0450. The van der Waals surface area contributed by atoms with E-state index in [1.54, 1.807) is 23.9 Å². The fourth-order valence-corrected chi connectivity index (χ4v) is 4.81. The SMILES string of the molecule is O=C(NC1(C(=O)O)CCSCC1)C1CC1c1ccc(Cl)cc1Cl. The summed E-state index contributed by atoms with van der Waals surface area (Å²) in [5, 5.41) is 13.5. The van der Waals surface area contributed by atoms with E-state index in [0.29, 0.717) is 29.3 Å². The molecule has 2 unspecified atom stereocenters. The maximum absolute atomic E-state index is 12.5. The number of amides is 1. The van der Waals surface area contributed by atoms with Crippen molar-refractivity contribution in [1.29, 1.82) is 0 Å². The highest BCUT2D eigenvalue weighted by atomic mass is 35.5. The molecule has 0 spiro atoms. The van der Waals surface area contributed by atoms with E-state index in [0.717, 1.165) is 17.1 Å². The number of aliphatic carboxylic acids is 1. The van der Waals surface area contributed by atoms with E-state index >= 15 is 0 Å². The summed E-state index contributed by atoms with van der Waals surface area (Å²) in [4.78, 5) is 24.1. The molecule has 2 aliphatic rings.